The number of rotatable bonds is 2. The summed E-state index contributed by atoms with van der Waals surface area (Å²) in [5.41, 5.74) is 1.45. The van der Waals surface area contributed by atoms with Crippen LogP contribution >= 0.6 is 11.8 Å². The standard InChI is InChI=1S/C18H26N4OS/c1-13-16(9-19-14(2)20-13)17(23)22-11-18(12-22)8-15(10-24-18)21-6-4-3-5-7-21/h9,15H,3-8,10-12H2,1-2H3. The minimum atomic E-state index is 0.0974. The summed E-state index contributed by atoms with van der Waals surface area (Å²) >= 11 is 2.09. The molecule has 24 heavy (non-hydrogen) atoms. The average Bonchev–Trinajstić information content (AvgIpc) is 2.99. The topological polar surface area (TPSA) is 49.3 Å². The van der Waals surface area contributed by atoms with Gasteiger partial charge in [0.1, 0.15) is 5.82 Å². The van der Waals surface area contributed by atoms with E-state index < -0.39 is 0 Å². The molecule has 5 nitrogen and oxygen atoms in total. The van der Waals surface area contributed by atoms with E-state index in [4.69, 9.17) is 0 Å². The largest absolute Gasteiger partial charge is 0.336 e. The van der Waals surface area contributed by atoms with Gasteiger partial charge in [-0.15, -0.1) is 11.8 Å². The summed E-state index contributed by atoms with van der Waals surface area (Å²) < 4.78 is 0.303. The van der Waals surface area contributed by atoms with E-state index in [9.17, 15) is 4.79 Å². The lowest BCUT2D eigenvalue weighted by Crippen LogP contribution is -2.61. The second-order valence-corrected chi connectivity index (χ2v) is 9.01. The van der Waals surface area contributed by atoms with Gasteiger partial charge in [-0.25, -0.2) is 9.97 Å². The molecule has 1 amide bonds. The van der Waals surface area contributed by atoms with E-state index in [0.29, 0.717) is 10.3 Å². The number of aryl methyl sites for hydroxylation is 2. The van der Waals surface area contributed by atoms with E-state index in [1.54, 1.807) is 6.20 Å². The smallest absolute Gasteiger partial charge is 0.257 e. The van der Waals surface area contributed by atoms with Crippen LogP contribution in [0.3, 0.4) is 0 Å². The molecular weight excluding hydrogens is 320 g/mol. The summed E-state index contributed by atoms with van der Waals surface area (Å²) in [6.45, 7) is 8.06. The molecule has 1 atom stereocenters. The molecule has 3 fully saturated rings. The number of hydrogen-bond donors (Lipinski definition) is 0. The SMILES string of the molecule is Cc1ncc(C(=O)N2CC3(CC(N4CCCCC4)CS3)C2)c(C)n1. The molecule has 3 aliphatic rings. The number of thioether (sulfide) groups is 1. The number of carbonyl (C=O) groups excluding carboxylic acids is 1. The van der Waals surface area contributed by atoms with Crippen LogP contribution in [0.4, 0.5) is 0 Å². The fourth-order valence-corrected chi connectivity index (χ4v) is 5.99. The van der Waals surface area contributed by atoms with Gasteiger partial charge in [-0.05, 0) is 46.2 Å². The third-order valence-electron chi connectivity index (χ3n) is 5.67. The summed E-state index contributed by atoms with van der Waals surface area (Å²) in [5.74, 6) is 2.05. The number of amides is 1. The maximum absolute atomic E-state index is 12.7. The van der Waals surface area contributed by atoms with Gasteiger partial charge < -0.3 is 4.90 Å². The van der Waals surface area contributed by atoms with Crippen LogP contribution in [0.25, 0.3) is 0 Å². The first kappa shape index (κ1) is 16.3. The maximum atomic E-state index is 12.7. The van der Waals surface area contributed by atoms with Gasteiger partial charge in [0, 0.05) is 31.1 Å². The molecule has 6 heteroatoms. The number of carbonyl (C=O) groups is 1. The second-order valence-electron chi connectivity index (χ2n) is 7.53. The van der Waals surface area contributed by atoms with Gasteiger partial charge in [-0.3, -0.25) is 9.69 Å². The highest BCUT2D eigenvalue weighted by Crippen LogP contribution is 2.47. The molecule has 4 rings (SSSR count). The van der Waals surface area contributed by atoms with E-state index >= 15 is 0 Å². The lowest BCUT2D eigenvalue weighted by Gasteiger charge is -2.48. The molecule has 0 saturated carbocycles. The number of likely N-dealkylation sites (tertiary alicyclic amines) is 2. The molecule has 1 aromatic rings. The Hall–Kier alpha value is -1.14. The molecule has 3 aliphatic heterocycles. The van der Waals surface area contributed by atoms with Crippen LogP contribution in [0.15, 0.2) is 6.20 Å². The fourth-order valence-electron chi connectivity index (χ4n) is 4.32. The molecule has 0 bridgehead atoms. The van der Waals surface area contributed by atoms with Gasteiger partial charge in [-0.2, -0.15) is 0 Å². The summed E-state index contributed by atoms with van der Waals surface area (Å²) in [5, 5.41) is 0. The number of piperidine rings is 1. The molecule has 0 radical (unpaired) electrons. The third-order valence-corrected chi connectivity index (χ3v) is 7.26. The zero-order chi connectivity index (χ0) is 16.7. The maximum Gasteiger partial charge on any atom is 0.257 e. The van der Waals surface area contributed by atoms with E-state index in [-0.39, 0.29) is 5.91 Å². The van der Waals surface area contributed by atoms with Crippen LogP contribution in [0.1, 0.15) is 47.6 Å². The Bertz CT molecular complexity index is 638. The van der Waals surface area contributed by atoms with Crippen LogP contribution in [-0.4, -0.2) is 68.4 Å². The van der Waals surface area contributed by atoms with Crippen molar-refractivity contribution in [3.63, 3.8) is 0 Å². The molecule has 4 heterocycles. The molecule has 0 aromatic carbocycles. The molecule has 3 saturated heterocycles. The van der Waals surface area contributed by atoms with E-state index in [1.807, 2.05) is 18.7 Å². The number of aromatic nitrogens is 2. The second kappa shape index (κ2) is 6.30. The van der Waals surface area contributed by atoms with Crippen molar-refractivity contribution in [1.82, 2.24) is 19.8 Å². The lowest BCUT2D eigenvalue weighted by molar-refractivity contribution is 0.0517. The molecule has 0 aliphatic carbocycles. The Morgan fingerprint density at radius 3 is 2.71 bits per heavy atom. The van der Waals surface area contributed by atoms with E-state index in [1.165, 1.54) is 44.5 Å². The van der Waals surface area contributed by atoms with Gasteiger partial charge in [0.05, 0.1) is 16.0 Å². The highest BCUT2D eigenvalue weighted by atomic mass is 32.2. The summed E-state index contributed by atoms with van der Waals surface area (Å²) in [6.07, 6.45) is 7.02. The number of nitrogens with zero attached hydrogens (tertiary/aromatic N) is 4. The van der Waals surface area contributed by atoms with Crippen LogP contribution < -0.4 is 0 Å². The van der Waals surface area contributed by atoms with Gasteiger partial charge in [0.25, 0.3) is 5.91 Å². The minimum Gasteiger partial charge on any atom is -0.336 e. The monoisotopic (exact) mass is 346 g/mol. The van der Waals surface area contributed by atoms with Crippen molar-refractivity contribution in [3.05, 3.63) is 23.3 Å². The van der Waals surface area contributed by atoms with Gasteiger partial charge in [-0.1, -0.05) is 6.42 Å². The molecule has 1 unspecified atom stereocenters. The third kappa shape index (κ3) is 2.94. The van der Waals surface area contributed by atoms with Crippen molar-refractivity contribution < 1.29 is 4.79 Å². The van der Waals surface area contributed by atoms with Crippen molar-refractivity contribution in [3.8, 4) is 0 Å². The van der Waals surface area contributed by atoms with Gasteiger partial charge >= 0.3 is 0 Å². The molecular formula is C18H26N4OS. The number of hydrogen-bond acceptors (Lipinski definition) is 5. The quantitative estimate of drug-likeness (QED) is 0.822. The lowest BCUT2D eigenvalue weighted by atomic mass is 9.90. The molecule has 0 N–H and O–H groups in total. The van der Waals surface area contributed by atoms with Crippen molar-refractivity contribution >= 4 is 17.7 Å². The molecule has 1 aromatic heterocycles. The first-order chi connectivity index (χ1) is 11.6. The average molecular weight is 347 g/mol. The first-order valence-electron chi connectivity index (χ1n) is 9.04. The highest BCUT2D eigenvalue weighted by molar-refractivity contribution is 8.01. The first-order valence-corrected chi connectivity index (χ1v) is 10.0. The van der Waals surface area contributed by atoms with Crippen molar-refractivity contribution in [1.29, 1.82) is 0 Å². The summed E-state index contributed by atoms with van der Waals surface area (Å²) in [7, 11) is 0. The van der Waals surface area contributed by atoms with Gasteiger partial charge in [0.2, 0.25) is 0 Å². The van der Waals surface area contributed by atoms with Crippen molar-refractivity contribution in [2.45, 2.75) is 50.3 Å². The van der Waals surface area contributed by atoms with Crippen molar-refractivity contribution in [2.24, 2.45) is 0 Å². The molecule has 130 valence electrons. The Balaban J connectivity index is 1.36. The van der Waals surface area contributed by atoms with Crippen molar-refractivity contribution in [2.75, 3.05) is 31.9 Å². The van der Waals surface area contributed by atoms with Crippen LogP contribution in [0, 0.1) is 13.8 Å². The fraction of sp³-hybridized carbons (Fsp3) is 0.722. The van der Waals surface area contributed by atoms with E-state index in [2.05, 4.69) is 26.6 Å². The summed E-state index contributed by atoms with van der Waals surface area (Å²) in [4.78, 5) is 25.9. The van der Waals surface area contributed by atoms with E-state index in [0.717, 1.165) is 30.6 Å². The predicted molar refractivity (Wildman–Crippen MR) is 96.4 cm³/mol. The normalized spacial score (nSPS) is 26.6. The zero-order valence-corrected chi connectivity index (χ0v) is 15.4. The minimum absolute atomic E-state index is 0.0974. The van der Waals surface area contributed by atoms with Crippen LogP contribution in [0.2, 0.25) is 0 Å². The Labute approximate surface area is 148 Å². The molecule has 1 spiro atoms. The predicted octanol–water partition coefficient (Wildman–Crippen LogP) is 2.28. The van der Waals surface area contributed by atoms with Crippen LogP contribution in [-0.2, 0) is 0 Å². The Kier molecular flexibility index (Phi) is 4.29. The van der Waals surface area contributed by atoms with Gasteiger partial charge in [0.15, 0.2) is 0 Å². The Morgan fingerprint density at radius 1 is 1.25 bits per heavy atom. The summed E-state index contributed by atoms with van der Waals surface area (Å²) in [6, 6.07) is 0.719. The van der Waals surface area contributed by atoms with Crippen LogP contribution in [0.5, 0.6) is 0 Å². The Morgan fingerprint density at radius 2 is 2.00 bits per heavy atom. The zero-order valence-electron chi connectivity index (χ0n) is 14.6. The highest BCUT2D eigenvalue weighted by Gasteiger charge is 2.51.